The minimum Gasteiger partial charge on any atom is -0.461 e. The van der Waals surface area contributed by atoms with E-state index in [-0.39, 0.29) is 25.2 Å². The number of aromatic nitrogens is 2. The molecular weight excluding hydrogens is 367 g/mol. The summed E-state index contributed by atoms with van der Waals surface area (Å²) in [5, 5.41) is 12.8. The number of ether oxygens (including phenoxy) is 2. The van der Waals surface area contributed by atoms with Crippen LogP contribution >= 0.6 is 0 Å². The van der Waals surface area contributed by atoms with Gasteiger partial charge in [0.05, 0.1) is 23.9 Å². The molecule has 8 nitrogen and oxygen atoms in total. The van der Waals surface area contributed by atoms with E-state index < -0.39 is 23.4 Å². The zero-order valence-electron chi connectivity index (χ0n) is 16.3. The fourth-order valence-corrected chi connectivity index (χ4v) is 4.54. The molecule has 3 heterocycles. The molecule has 1 saturated carbocycles. The molecule has 2 atom stereocenters. The maximum atomic E-state index is 14.3. The van der Waals surface area contributed by atoms with Crippen molar-refractivity contribution in [2.45, 2.75) is 75.8 Å². The molecule has 0 bridgehead atoms. The largest absolute Gasteiger partial charge is 0.461 e. The van der Waals surface area contributed by atoms with Crippen molar-refractivity contribution in [3.8, 4) is 11.8 Å². The van der Waals surface area contributed by atoms with Crippen molar-refractivity contribution >= 4 is 6.09 Å². The predicted molar refractivity (Wildman–Crippen MR) is 97.9 cm³/mol. The van der Waals surface area contributed by atoms with Crippen molar-refractivity contribution < 1.29 is 23.8 Å². The molecule has 0 unspecified atom stereocenters. The highest BCUT2D eigenvalue weighted by molar-refractivity contribution is 5.72. The van der Waals surface area contributed by atoms with Gasteiger partial charge in [0.2, 0.25) is 0 Å². The Hall–Kier alpha value is -2.00. The second-order valence-electron chi connectivity index (χ2n) is 8.67. The highest BCUT2D eigenvalue weighted by atomic mass is 19.1. The monoisotopic (exact) mass is 394 g/mol. The lowest BCUT2D eigenvalue weighted by Gasteiger charge is -2.44. The van der Waals surface area contributed by atoms with E-state index in [0.29, 0.717) is 24.4 Å². The Balaban J connectivity index is 1.43. The molecule has 2 aliphatic heterocycles. The van der Waals surface area contributed by atoms with Crippen LogP contribution in [0.4, 0.5) is 9.18 Å². The summed E-state index contributed by atoms with van der Waals surface area (Å²) in [6.07, 6.45) is 3.53. The molecule has 0 radical (unpaired) electrons. The van der Waals surface area contributed by atoms with Gasteiger partial charge in [0.25, 0.3) is 0 Å². The van der Waals surface area contributed by atoms with Crippen molar-refractivity contribution in [3.63, 3.8) is 0 Å². The van der Waals surface area contributed by atoms with Crippen molar-refractivity contribution in [2.75, 3.05) is 13.2 Å². The highest BCUT2D eigenvalue weighted by Crippen LogP contribution is 2.39. The zero-order chi connectivity index (χ0) is 19.9. The van der Waals surface area contributed by atoms with Crippen LogP contribution in [0.1, 0.15) is 51.6 Å². The van der Waals surface area contributed by atoms with Gasteiger partial charge in [0.15, 0.2) is 5.75 Å². The van der Waals surface area contributed by atoms with Crippen LogP contribution in [0.5, 0.6) is 11.8 Å². The van der Waals surface area contributed by atoms with E-state index in [2.05, 4.69) is 20.2 Å². The molecule has 2 N–H and O–H groups in total. The Morgan fingerprint density at radius 1 is 1.43 bits per heavy atom. The van der Waals surface area contributed by atoms with Crippen LogP contribution in [0.25, 0.3) is 0 Å². The Bertz CT molecular complexity index is 751. The SMILES string of the molecule is CC1(O)CCC(N2C[C@H](F)C[C@@]2(C)COc2ncc3c(n2)CNC(=O)O3)CC1. The van der Waals surface area contributed by atoms with Gasteiger partial charge < -0.3 is 19.9 Å². The maximum absolute atomic E-state index is 14.3. The van der Waals surface area contributed by atoms with E-state index >= 15 is 0 Å². The number of alkyl halides is 1. The lowest BCUT2D eigenvalue weighted by atomic mass is 9.82. The van der Waals surface area contributed by atoms with Crippen LogP contribution in [0.15, 0.2) is 6.20 Å². The predicted octanol–water partition coefficient (Wildman–Crippen LogP) is 1.95. The first-order valence-corrected chi connectivity index (χ1v) is 9.82. The molecule has 154 valence electrons. The summed E-state index contributed by atoms with van der Waals surface area (Å²) < 4.78 is 25.2. The lowest BCUT2D eigenvalue weighted by molar-refractivity contribution is -0.0277. The van der Waals surface area contributed by atoms with Gasteiger partial charge >= 0.3 is 12.1 Å². The van der Waals surface area contributed by atoms with E-state index in [1.807, 2.05) is 13.8 Å². The van der Waals surface area contributed by atoms with Gasteiger partial charge in [0, 0.05) is 19.0 Å². The lowest BCUT2D eigenvalue weighted by Crippen LogP contribution is -2.53. The van der Waals surface area contributed by atoms with Crippen LogP contribution in [-0.2, 0) is 6.54 Å². The van der Waals surface area contributed by atoms with E-state index in [0.717, 1.165) is 25.7 Å². The first kappa shape index (κ1) is 19.3. The molecule has 0 spiro atoms. The van der Waals surface area contributed by atoms with Crippen LogP contribution in [-0.4, -0.2) is 62.6 Å². The summed E-state index contributed by atoms with van der Waals surface area (Å²) in [4.78, 5) is 21.8. The normalized spacial score (nSPS) is 35.8. The van der Waals surface area contributed by atoms with Crippen molar-refractivity contribution in [2.24, 2.45) is 0 Å². The maximum Gasteiger partial charge on any atom is 0.413 e. The van der Waals surface area contributed by atoms with Crippen molar-refractivity contribution in [1.29, 1.82) is 0 Å². The Morgan fingerprint density at radius 3 is 2.93 bits per heavy atom. The molecule has 4 rings (SSSR count). The van der Waals surface area contributed by atoms with Crippen LogP contribution in [0.3, 0.4) is 0 Å². The Labute approximate surface area is 163 Å². The number of nitrogens with one attached hydrogen (secondary N) is 1. The van der Waals surface area contributed by atoms with E-state index in [4.69, 9.17) is 9.47 Å². The first-order valence-electron chi connectivity index (χ1n) is 9.82. The summed E-state index contributed by atoms with van der Waals surface area (Å²) in [6.45, 7) is 4.79. The molecular formula is C19H27FN4O4. The molecule has 1 aromatic rings. The molecule has 28 heavy (non-hydrogen) atoms. The molecule has 3 aliphatic rings. The Kier molecular flexibility index (Phi) is 4.91. The van der Waals surface area contributed by atoms with Crippen LogP contribution < -0.4 is 14.8 Å². The minimum absolute atomic E-state index is 0.188. The minimum atomic E-state index is -0.899. The summed E-state index contributed by atoms with van der Waals surface area (Å²) in [5.41, 5.74) is -0.528. The topological polar surface area (TPSA) is 96.8 Å². The number of fused-ring (bicyclic) bond motifs is 1. The third kappa shape index (κ3) is 3.91. The van der Waals surface area contributed by atoms with Gasteiger partial charge in [-0.1, -0.05) is 0 Å². The summed E-state index contributed by atoms with van der Waals surface area (Å²) in [5.74, 6) is 0.322. The third-order valence-corrected chi connectivity index (χ3v) is 6.14. The van der Waals surface area contributed by atoms with E-state index in [1.165, 1.54) is 6.20 Å². The van der Waals surface area contributed by atoms with Crippen LogP contribution in [0, 0.1) is 0 Å². The number of carbonyl (C=O) groups excluding carboxylic acids is 1. The number of carbonyl (C=O) groups is 1. The van der Waals surface area contributed by atoms with Gasteiger partial charge in [-0.2, -0.15) is 9.97 Å². The average molecular weight is 394 g/mol. The molecule has 1 amide bonds. The van der Waals surface area contributed by atoms with Crippen LogP contribution in [0.2, 0.25) is 0 Å². The number of rotatable bonds is 4. The molecule has 1 aromatic heterocycles. The molecule has 9 heteroatoms. The van der Waals surface area contributed by atoms with Gasteiger partial charge in [0.1, 0.15) is 18.5 Å². The summed E-state index contributed by atoms with van der Waals surface area (Å²) in [6, 6.07) is 0.427. The smallest absolute Gasteiger partial charge is 0.413 e. The van der Waals surface area contributed by atoms with Gasteiger partial charge in [-0.05, 0) is 39.5 Å². The highest BCUT2D eigenvalue weighted by Gasteiger charge is 2.47. The van der Waals surface area contributed by atoms with E-state index in [9.17, 15) is 14.3 Å². The number of hydrogen-bond donors (Lipinski definition) is 2. The van der Waals surface area contributed by atoms with Gasteiger partial charge in [-0.15, -0.1) is 0 Å². The van der Waals surface area contributed by atoms with Crippen molar-refractivity contribution in [3.05, 3.63) is 11.9 Å². The van der Waals surface area contributed by atoms with E-state index in [1.54, 1.807) is 0 Å². The van der Waals surface area contributed by atoms with Crippen molar-refractivity contribution in [1.82, 2.24) is 20.2 Å². The molecule has 1 aliphatic carbocycles. The number of hydrogen-bond acceptors (Lipinski definition) is 7. The average Bonchev–Trinajstić information content (AvgIpc) is 2.95. The molecule has 1 saturated heterocycles. The fraction of sp³-hybridized carbons (Fsp3) is 0.737. The summed E-state index contributed by atoms with van der Waals surface area (Å²) in [7, 11) is 0. The number of aliphatic hydroxyl groups is 1. The number of halogens is 1. The summed E-state index contributed by atoms with van der Waals surface area (Å²) >= 11 is 0. The van der Waals surface area contributed by atoms with Gasteiger partial charge in [-0.3, -0.25) is 4.90 Å². The molecule has 2 fully saturated rings. The standard InChI is InChI=1S/C19H27FN4O4/c1-18(7-12(20)10-24(18)13-3-5-19(2,26)6-4-13)11-27-16-21-9-15-14(23-16)8-22-17(25)28-15/h9,12-13,26H,3-8,10-11H2,1-2H3,(H,22,25)/t12-,13?,18+,19?/m1/s1. The zero-order valence-corrected chi connectivity index (χ0v) is 16.3. The fourth-order valence-electron chi connectivity index (χ4n) is 4.54. The number of nitrogens with zero attached hydrogens (tertiary/aromatic N) is 3. The quantitative estimate of drug-likeness (QED) is 0.806. The van der Waals surface area contributed by atoms with Gasteiger partial charge in [-0.25, -0.2) is 9.18 Å². The molecule has 0 aromatic carbocycles. The third-order valence-electron chi connectivity index (χ3n) is 6.14. The number of amides is 1. The second-order valence-corrected chi connectivity index (χ2v) is 8.67. The first-order chi connectivity index (χ1) is 13.2. The second kappa shape index (κ2) is 7.11. The Morgan fingerprint density at radius 2 is 2.18 bits per heavy atom. The number of likely N-dealkylation sites (tertiary alicyclic amines) is 1.